The Bertz CT molecular complexity index is 858. The lowest BCUT2D eigenvalue weighted by Gasteiger charge is -2.25. The van der Waals surface area contributed by atoms with Crippen molar-refractivity contribution < 1.29 is 9.84 Å². The molecule has 0 aliphatic carbocycles. The summed E-state index contributed by atoms with van der Waals surface area (Å²) in [7, 11) is 0. The van der Waals surface area contributed by atoms with Crippen molar-refractivity contribution in [3.63, 3.8) is 0 Å². The number of rotatable bonds is 5. The molecule has 1 atom stereocenters. The highest BCUT2D eigenvalue weighted by atomic mass is 35.5. The Hall–Kier alpha value is -2.49. The maximum absolute atomic E-state index is 10.5. The average Bonchev–Trinajstić information content (AvgIpc) is 2.66. The van der Waals surface area contributed by atoms with Crippen LogP contribution < -0.4 is 15.8 Å². The highest BCUT2D eigenvalue weighted by molar-refractivity contribution is 5.85. The maximum Gasteiger partial charge on any atom is 0.142 e. The second kappa shape index (κ2) is 9.63. The van der Waals surface area contributed by atoms with Crippen molar-refractivity contribution in [2.24, 2.45) is 5.92 Å². The molecule has 0 amide bonds. The molecule has 28 heavy (non-hydrogen) atoms. The number of nitrogens with zero attached hydrogens (tertiary/aromatic N) is 2. The number of benzene rings is 1. The Morgan fingerprint density at radius 3 is 2.86 bits per heavy atom. The number of nitrogens with one attached hydrogen (secondary N) is 1. The Balaban J connectivity index is 0.00000280. The van der Waals surface area contributed by atoms with Crippen molar-refractivity contribution in [2.45, 2.75) is 32.6 Å². The highest BCUT2D eigenvalue weighted by Crippen LogP contribution is 2.40. The lowest BCUT2D eigenvalue weighted by Crippen LogP contribution is -2.29. The molecule has 1 aliphatic rings. The minimum absolute atomic E-state index is 0. The fraction of sp³-hybridized carbons (Fsp3) is 0.429. The summed E-state index contributed by atoms with van der Waals surface area (Å²) in [5, 5.41) is 23.4. The summed E-state index contributed by atoms with van der Waals surface area (Å²) in [5.74, 6) is 1.38. The van der Waals surface area contributed by atoms with E-state index < -0.39 is 0 Å². The molecule has 0 radical (unpaired) electrons. The summed E-state index contributed by atoms with van der Waals surface area (Å²) in [6, 6.07) is 9.24. The predicted octanol–water partition coefficient (Wildman–Crippen LogP) is 3.83. The zero-order valence-corrected chi connectivity index (χ0v) is 17.1. The van der Waals surface area contributed by atoms with Crippen LogP contribution >= 0.6 is 12.4 Å². The molecular weight excluding hydrogens is 376 g/mol. The van der Waals surface area contributed by atoms with Crippen LogP contribution in [0.1, 0.15) is 43.7 Å². The molecule has 4 N–H and O–H groups in total. The number of aromatic hydroxyl groups is 1. The summed E-state index contributed by atoms with van der Waals surface area (Å²) in [6.45, 7) is 6.44. The Kier molecular flexibility index (Phi) is 7.50. The van der Waals surface area contributed by atoms with Crippen LogP contribution in [0.4, 0.5) is 5.82 Å². The Labute approximate surface area is 172 Å². The third kappa shape index (κ3) is 4.67. The van der Waals surface area contributed by atoms with Crippen LogP contribution in [0.25, 0.3) is 11.3 Å². The van der Waals surface area contributed by atoms with Gasteiger partial charge >= 0.3 is 0 Å². The van der Waals surface area contributed by atoms with Gasteiger partial charge in [0.1, 0.15) is 23.4 Å². The fourth-order valence-electron chi connectivity index (χ4n) is 3.43. The van der Waals surface area contributed by atoms with Crippen LogP contribution in [0.15, 0.2) is 24.3 Å². The van der Waals surface area contributed by atoms with E-state index in [2.05, 4.69) is 30.2 Å². The van der Waals surface area contributed by atoms with E-state index in [9.17, 15) is 10.4 Å². The number of nitrogens with two attached hydrogens (primary N) is 1. The van der Waals surface area contributed by atoms with Crippen LogP contribution in [0.2, 0.25) is 0 Å². The van der Waals surface area contributed by atoms with Crippen LogP contribution in [0, 0.1) is 17.2 Å². The van der Waals surface area contributed by atoms with Gasteiger partial charge in [0.25, 0.3) is 0 Å². The molecular formula is C21H27ClN4O2. The third-order valence-corrected chi connectivity index (χ3v) is 4.76. The minimum Gasteiger partial charge on any atom is -0.507 e. The third-order valence-electron chi connectivity index (χ3n) is 4.76. The number of ether oxygens (including phenoxy) is 1. The second-order valence-corrected chi connectivity index (χ2v) is 7.37. The van der Waals surface area contributed by atoms with E-state index in [0.29, 0.717) is 35.1 Å². The average molecular weight is 403 g/mol. The lowest BCUT2D eigenvalue weighted by molar-refractivity contribution is 0.271. The smallest absolute Gasteiger partial charge is 0.142 e. The minimum atomic E-state index is 0. The van der Waals surface area contributed by atoms with E-state index in [1.165, 1.54) is 0 Å². The Morgan fingerprint density at radius 2 is 2.21 bits per heavy atom. The topological polar surface area (TPSA) is 104 Å². The molecule has 0 spiro atoms. The molecule has 3 rings (SSSR count). The number of aromatic nitrogens is 1. The number of hydrogen-bond acceptors (Lipinski definition) is 6. The van der Waals surface area contributed by atoms with E-state index in [1.807, 2.05) is 12.1 Å². The lowest BCUT2D eigenvalue weighted by atomic mass is 9.88. The van der Waals surface area contributed by atoms with Gasteiger partial charge in [0, 0.05) is 6.54 Å². The molecule has 2 aromatic rings. The maximum atomic E-state index is 10.5. The Morgan fingerprint density at radius 1 is 1.43 bits per heavy atom. The number of halogens is 1. The first-order valence-corrected chi connectivity index (χ1v) is 9.37. The summed E-state index contributed by atoms with van der Waals surface area (Å²) >= 11 is 0. The fourth-order valence-corrected chi connectivity index (χ4v) is 3.43. The van der Waals surface area contributed by atoms with Gasteiger partial charge in [-0.3, -0.25) is 0 Å². The molecule has 1 aromatic carbocycles. The second-order valence-electron chi connectivity index (χ2n) is 7.37. The van der Waals surface area contributed by atoms with Crippen LogP contribution in [0.5, 0.6) is 11.5 Å². The molecule has 150 valence electrons. The standard InChI is InChI=1S/C21H26N4O2.ClH/c1-13(2)12-27-19-7-3-6-18(26)20(19)17-9-15(14-5-4-8-24-11-14)16(10-22)21(23)25-17;/h3,6-7,9,13-14,24,26H,4-5,8,11-12H2,1-2H3,(H2,23,25);1H. The van der Waals surface area contributed by atoms with Gasteiger partial charge in [-0.2, -0.15) is 5.26 Å². The van der Waals surface area contributed by atoms with Crippen molar-refractivity contribution in [2.75, 3.05) is 25.4 Å². The van der Waals surface area contributed by atoms with Crippen molar-refractivity contribution >= 4 is 18.2 Å². The van der Waals surface area contributed by atoms with E-state index in [-0.39, 0.29) is 29.9 Å². The molecule has 1 saturated heterocycles. The number of phenolic OH excluding ortho intramolecular Hbond substituents is 1. The first-order chi connectivity index (χ1) is 13.0. The molecule has 1 unspecified atom stereocenters. The normalized spacial score (nSPS) is 16.3. The molecule has 7 heteroatoms. The summed E-state index contributed by atoms with van der Waals surface area (Å²) in [6.07, 6.45) is 2.04. The quantitative estimate of drug-likeness (QED) is 0.702. The van der Waals surface area contributed by atoms with E-state index in [1.54, 1.807) is 12.1 Å². The first kappa shape index (κ1) is 21.8. The predicted molar refractivity (Wildman–Crippen MR) is 113 cm³/mol. The molecule has 1 aromatic heterocycles. The van der Waals surface area contributed by atoms with Crippen molar-refractivity contribution in [3.05, 3.63) is 35.4 Å². The number of hydrogen-bond donors (Lipinski definition) is 3. The molecule has 0 saturated carbocycles. The summed E-state index contributed by atoms with van der Waals surface area (Å²) < 4.78 is 5.90. The van der Waals surface area contributed by atoms with Gasteiger partial charge in [0.05, 0.1) is 23.4 Å². The molecule has 0 bridgehead atoms. The zero-order chi connectivity index (χ0) is 19.4. The molecule has 2 heterocycles. The van der Waals surface area contributed by atoms with Gasteiger partial charge in [-0.05, 0) is 55.0 Å². The van der Waals surface area contributed by atoms with Gasteiger partial charge in [-0.1, -0.05) is 19.9 Å². The van der Waals surface area contributed by atoms with Crippen molar-refractivity contribution in [1.29, 1.82) is 5.26 Å². The van der Waals surface area contributed by atoms with E-state index >= 15 is 0 Å². The summed E-state index contributed by atoms with van der Waals surface area (Å²) in [5.41, 5.74) is 8.47. The van der Waals surface area contributed by atoms with E-state index in [4.69, 9.17) is 10.5 Å². The number of anilines is 1. The molecule has 1 fully saturated rings. The van der Waals surface area contributed by atoms with Crippen LogP contribution in [-0.2, 0) is 0 Å². The van der Waals surface area contributed by atoms with Gasteiger partial charge < -0.3 is 20.9 Å². The van der Waals surface area contributed by atoms with Crippen LogP contribution in [0.3, 0.4) is 0 Å². The van der Waals surface area contributed by atoms with Gasteiger partial charge in [0.2, 0.25) is 0 Å². The van der Waals surface area contributed by atoms with Crippen LogP contribution in [-0.4, -0.2) is 29.8 Å². The number of phenols is 1. The highest BCUT2D eigenvalue weighted by Gasteiger charge is 2.23. The number of nitrogen functional groups attached to an aromatic ring is 1. The van der Waals surface area contributed by atoms with Gasteiger partial charge in [-0.15, -0.1) is 12.4 Å². The molecule has 6 nitrogen and oxygen atoms in total. The SMILES string of the molecule is CC(C)COc1cccc(O)c1-c1cc(C2CCCNC2)c(C#N)c(N)n1.Cl. The van der Waals surface area contributed by atoms with E-state index in [0.717, 1.165) is 31.5 Å². The number of nitriles is 1. The monoisotopic (exact) mass is 402 g/mol. The molecule has 1 aliphatic heterocycles. The largest absolute Gasteiger partial charge is 0.507 e. The summed E-state index contributed by atoms with van der Waals surface area (Å²) in [4.78, 5) is 4.41. The van der Waals surface area contributed by atoms with Gasteiger partial charge in [-0.25, -0.2) is 4.98 Å². The zero-order valence-electron chi connectivity index (χ0n) is 16.2. The van der Waals surface area contributed by atoms with Crippen molar-refractivity contribution in [3.8, 4) is 28.8 Å². The number of pyridine rings is 1. The first-order valence-electron chi connectivity index (χ1n) is 9.37. The number of piperidine rings is 1. The van der Waals surface area contributed by atoms with Crippen molar-refractivity contribution in [1.82, 2.24) is 10.3 Å². The van der Waals surface area contributed by atoms with Gasteiger partial charge in [0.15, 0.2) is 0 Å².